The summed E-state index contributed by atoms with van der Waals surface area (Å²) in [5, 5.41) is 18.5. The molecule has 0 aliphatic heterocycles. The Morgan fingerprint density at radius 2 is 0.745 bits per heavy atom. The van der Waals surface area contributed by atoms with Crippen molar-refractivity contribution in [3.05, 3.63) is 0 Å². The molecule has 0 radical (unpaired) electrons. The largest absolute Gasteiger partial charge is 0.477 e. The van der Waals surface area contributed by atoms with Gasteiger partial charge in [0.05, 0.1) is 73.2 Å². The number of hydrogen-bond acceptors (Lipinski definition) is 6. The lowest BCUT2D eigenvalue weighted by Gasteiger charge is -2.34. The molecule has 0 saturated heterocycles. The molecule has 0 amide bonds. The van der Waals surface area contributed by atoms with Crippen molar-refractivity contribution in [2.45, 2.75) is 117 Å². The Labute approximate surface area is 288 Å². The van der Waals surface area contributed by atoms with Crippen molar-refractivity contribution in [3.8, 4) is 0 Å². The van der Waals surface area contributed by atoms with Crippen LogP contribution in [0.2, 0.25) is 0 Å². The van der Waals surface area contributed by atoms with Gasteiger partial charge in [-0.15, -0.1) is 0 Å². The normalized spacial score (nSPS) is 12.6. The van der Waals surface area contributed by atoms with Crippen LogP contribution in [-0.2, 0) is 28.5 Å². The van der Waals surface area contributed by atoms with Crippen molar-refractivity contribution >= 4 is 11.9 Å². The first-order valence-corrected chi connectivity index (χ1v) is 18.8. The van der Waals surface area contributed by atoms with Crippen LogP contribution in [-0.4, -0.2) is 138 Å². The molecule has 0 aliphatic carbocycles. The lowest BCUT2D eigenvalue weighted by Crippen LogP contribution is -2.48. The summed E-state index contributed by atoms with van der Waals surface area (Å²) in [5.41, 5.74) is -0.520. The van der Waals surface area contributed by atoms with Gasteiger partial charge in [-0.2, -0.15) is 0 Å². The highest BCUT2D eigenvalue weighted by Crippen LogP contribution is 2.22. The molecule has 0 fully saturated rings. The molecule has 0 aromatic heterocycles. The Kier molecular flexibility index (Phi) is 27.7. The molecule has 47 heavy (non-hydrogen) atoms. The number of unbranched alkanes of at least 4 members (excludes halogenated alkanes) is 14. The van der Waals surface area contributed by atoms with E-state index in [1.165, 1.54) is 77.0 Å². The van der Waals surface area contributed by atoms with Crippen molar-refractivity contribution in [2.24, 2.45) is 5.41 Å². The minimum Gasteiger partial charge on any atom is -0.477 e. The van der Waals surface area contributed by atoms with E-state index in [0.717, 1.165) is 25.7 Å². The predicted molar refractivity (Wildman–Crippen MR) is 190 cm³/mol. The van der Waals surface area contributed by atoms with E-state index in [1.807, 2.05) is 28.2 Å². The first-order valence-electron chi connectivity index (χ1n) is 18.8. The number of carbonyl (C=O) groups is 2. The molecule has 0 aromatic carbocycles. The van der Waals surface area contributed by atoms with E-state index >= 15 is 0 Å². The maximum atomic E-state index is 11.3. The second-order valence-corrected chi connectivity index (χ2v) is 15.1. The lowest BCUT2D eigenvalue weighted by molar-refractivity contribution is -0.883. The standard InChI is InChI=1S/C37H74N2O8/c1-7-9-11-13-15-17-19-21-25-44-31-37(33-46-27-23-38(3,4)29-35(40)41,34-47-28-24-39(5,6)30-36(42)43)32-45-26-22-20-18-16-14-12-10-8-2/h7-34H2,1-6H3/p+2. The highest BCUT2D eigenvalue weighted by Gasteiger charge is 2.33. The van der Waals surface area contributed by atoms with E-state index in [1.54, 1.807) is 0 Å². The van der Waals surface area contributed by atoms with Gasteiger partial charge < -0.3 is 38.1 Å². The minimum absolute atomic E-state index is 0.0332. The molecular weight excluding hydrogens is 600 g/mol. The van der Waals surface area contributed by atoms with Gasteiger partial charge in [-0.3, -0.25) is 0 Å². The number of aliphatic carboxylic acids is 2. The molecule has 0 heterocycles. The SMILES string of the molecule is CCCCCCCCCCOCC(COCCCCCCCCCC)(COCC[N+](C)(C)CC(=O)O)COCC[N+](C)(C)CC(=O)O. The molecule has 0 bridgehead atoms. The second-order valence-electron chi connectivity index (χ2n) is 15.1. The van der Waals surface area contributed by atoms with E-state index in [0.29, 0.717) is 74.9 Å². The summed E-state index contributed by atoms with van der Waals surface area (Å²) in [6.07, 6.45) is 19.9. The van der Waals surface area contributed by atoms with Crippen molar-refractivity contribution in [1.82, 2.24) is 0 Å². The Bertz CT molecular complexity index is 701. The third kappa shape index (κ3) is 29.3. The number of rotatable bonds is 36. The fourth-order valence-corrected chi connectivity index (χ4v) is 5.59. The van der Waals surface area contributed by atoms with E-state index < -0.39 is 17.4 Å². The molecule has 0 aliphatic rings. The van der Waals surface area contributed by atoms with E-state index in [2.05, 4.69) is 13.8 Å². The van der Waals surface area contributed by atoms with Crippen LogP contribution in [0.25, 0.3) is 0 Å². The van der Waals surface area contributed by atoms with Crippen LogP contribution >= 0.6 is 0 Å². The van der Waals surface area contributed by atoms with Crippen LogP contribution in [0, 0.1) is 5.41 Å². The number of nitrogens with zero attached hydrogens (tertiary/aromatic N) is 2. The monoisotopic (exact) mass is 677 g/mol. The molecule has 0 spiro atoms. The van der Waals surface area contributed by atoms with Crippen molar-refractivity contribution < 1.29 is 47.7 Å². The third-order valence-corrected chi connectivity index (χ3v) is 8.73. The summed E-state index contributed by atoms with van der Waals surface area (Å²) >= 11 is 0. The zero-order valence-corrected chi connectivity index (χ0v) is 31.5. The average Bonchev–Trinajstić information content (AvgIpc) is 2.98. The van der Waals surface area contributed by atoms with Gasteiger partial charge in [-0.25, -0.2) is 9.59 Å². The lowest BCUT2D eigenvalue weighted by atomic mass is 9.92. The molecule has 0 atom stereocenters. The molecule has 0 saturated carbocycles. The molecule has 2 N–H and O–H groups in total. The molecular formula is C37H76N2O8+2. The topological polar surface area (TPSA) is 112 Å². The van der Waals surface area contributed by atoms with Crippen LogP contribution in [0.5, 0.6) is 0 Å². The van der Waals surface area contributed by atoms with Gasteiger partial charge in [0.1, 0.15) is 13.1 Å². The highest BCUT2D eigenvalue weighted by molar-refractivity contribution is 5.68. The quantitative estimate of drug-likeness (QED) is 0.0561. The summed E-state index contributed by atoms with van der Waals surface area (Å²) in [4.78, 5) is 22.6. The summed E-state index contributed by atoms with van der Waals surface area (Å²) < 4.78 is 25.7. The fourth-order valence-electron chi connectivity index (χ4n) is 5.59. The van der Waals surface area contributed by atoms with Crippen LogP contribution < -0.4 is 0 Å². The van der Waals surface area contributed by atoms with Gasteiger partial charge in [-0.05, 0) is 12.8 Å². The smallest absolute Gasteiger partial charge is 0.359 e. The molecule has 0 aromatic rings. The van der Waals surface area contributed by atoms with Crippen molar-refractivity contribution in [3.63, 3.8) is 0 Å². The van der Waals surface area contributed by atoms with E-state index in [9.17, 15) is 19.8 Å². The van der Waals surface area contributed by atoms with Gasteiger partial charge in [0, 0.05) is 13.2 Å². The van der Waals surface area contributed by atoms with Crippen LogP contribution in [0.4, 0.5) is 0 Å². The number of quaternary nitrogens is 2. The van der Waals surface area contributed by atoms with E-state index in [4.69, 9.17) is 18.9 Å². The number of hydrogen-bond donors (Lipinski definition) is 2. The summed E-state index contributed by atoms with van der Waals surface area (Å²) in [6, 6.07) is 0. The Balaban J connectivity index is 5.24. The summed E-state index contributed by atoms with van der Waals surface area (Å²) in [7, 11) is 7.57. The van der Waals surface area contributed by atoms with Crippen molar-refractivity contribution in [2.75, 3.05) is 107 Å². The number of likely N-dealkylation sites (N-methyl/N-ethyl adjacent to an activating group) is 2. The van der Waals surface area contributed by atoms with Gasteiger partial charge in [0.25, 0.3) is 0 Å². The van der Waals surface area contributed by atoms with Gasteiger partial charge >= 0.3 is 11.9 Å². The van der Waals surface area contributed by atoms with Crippen LogP contribution in [0.1, 0.15) is 117 Å². The van der Waals surface area contributed by atoms with Gasteiger partial charge in [0.15, 0.2) is 13.1 Å². The zero-order valence-electron chi connectivity index (χ0n) is 31.5. The Morgan fingerprint density at radius 3 is 1.04 bits per heavy atom. The molecule has 0 rings (SSSR count). The summed E-state index contributed by atoms with van der Waals surface area (Å²) in [5.74, 6) is -1.66. The molecule has 10 heteroatoms. The molecule has 280 valence electrons. The third-order valence-electron chi connectivity index (χ3n) is 8.73. The van der Waals surface area contributed by atoms with Gasteiger partial charge in [0.2, 0.25) is 0 Å². The Hall–Kier alpha value is -1.30. The number of carboxylic acid groups (broad SMARTS) is 2. The fraction of sp³-hybridized carbons (Fsp3) is 0.946. The average molecular weight is 677 g/mol. The first-order chi connectivity index (χ1) is 22.4. The maximum Gasteiger partial charge on any atom is 0.359 e. The zero-order chi connectivity index (χ0) is 35.3. The predicted octanol–water partition coefficient (Wildman–Crippen LogP) is 6.64. The summed E-state index contributed by atoms with van der Waals surface area (Å²) in [6.45, 7) is 9.54. The Morgan fingerprint density at radius 1 is 0.468 bits per heavy atom. The molecule has 10 nitrogen and oxygen atoms in total. The minimum atomic E-state index is -0.828. The second kappa shape index (κ2) is 28.5. The van der Waals surface area contributed by atoms with E-state index in [-0.39, 0.29) is 13.1 Å². The van der Waals surface area contributed by atoms with Gasteiger partial charge in [-0.1, -0.05) is 104 Å². The number of ether oxygens (including phenoxy) is 4. The van der Waals surface area contributed by atoms with Crippen LogP contribution in [0.3, 0.4) is 0 Å². The van der Waals surface area contributed by atoms with Crippen molar-refractivity contribution in [1.29, 1.82) is 0 Å². The number of carboxylic acids is 2. The molecule has 0 unspecified atom stereocenters. The van der Waals surface area contributed by atoms with Crippen LogP contribution in [0.15, 0.2) is 0 Å². The highest BCUT2D eigenvalue weighted by atomic mass is 16.5. The first kappa shape index (κ1) is 45.7. The maximum absolute atomic E-state index is 11.3.